The van der Waals surface area contributed by atoms with Gasteiger partial charge in [-0.05, 0) is 38.0 Å². The number of aromatic nitrogens is 3. The van der Waals surface area contributed by atoms with Crippen LogP contribution in [0.5, 0.6) is 0 Å². The molecule has 0 aliphatic heterocycles. The molecule has 1 saturated carbocycles. The standard InChI is InChI=1S/C19H21N5O4S/c1-12-3-5-15(6-4-12)29(27,28)24-8-7-16-17(20-11-21-18(16)24)23(2)14-9-13(10-14)22-19(25)26/h3-8,11,13-14,22H,9-10H2,1-2H3,(H,25,26). The number of fused-ring (bicyclic) bond motifs is 1. The van der Waals surface area contributed by atoms with E-state index in [0.717, 1.165) is 5.56 Å². The Hall–Kier alpha value is -3.14. The first kappa shape index (κ1) is 19.2. The maximum atomic E-state index is 13.1. The maximum Gasteiger partial charge on any atom is 0.404 e. The van der Waals surface area contributed by atoms with Crippen LogP contribution in [-0.2, 0) is 10.0 Å². The number of carbonyl (C=O) groups is 1. The normalized spacial score (nSPS) is 19.0. The second-order valence-electron chi connectivity index (χ2n) is 7.25. The SMILES string of the molecule is Cc1ccc(S(=O)(=O)n2ccc3c(N(C)C4CC(NC(=O)O)C4)ncnc32)cc1. The van der Waals surface area contributed by atoms with Crippen LogP contribution in [0.2, 0.25) is 0 Å². The number of anilines is 1. The van der Waals surface area contributed by atoms with Crippen molar-refractivity contribution >= 4 is 33.0 Å². The average molecular weight is 415 g/mol. The second-order valence-corrected chi connectivity index (χ2v) is 9.06. The number of hydrogen-bond donors (Lipinski definition) is 2. The highest BCUT2D eigenvalue weighted by atomic mass is 32.2. The molecule has 9 nitrogen and oxygen atoms in total. The van der Waals surface area contributed by atoms with E-state index in [2.05, 4.69) is 15.3 Å². The van der Waals surface area contributed by atoms with E-state index in [4.69, 9.17) is 5.11 Å². The Kier molecular flexibility index (Phi) is 4.65. The van der Waals surface area contributed by atoms with E-state index in [1.807, 2.05) is 18.9 Å². The highest BCUT2D eigenvalue weighted by Gasteiger charge is 2.34. The van der Waals surface area contributed by atoms with Crippen LogP contribution in [0.4, 0.5) is 10.6 Å². The Morgan fingerprint density at radius 2 is 1.90 bits per heavy atom. The molecule has 152 valence electrons. The van der Waals surface area contributed by atoms with Gasteiger partial charge in [0, 0.05) is 25.3 Å². The third kappa shape index (κ3) is 3.39. The zero-order valence-corrected chi connectivity index (χ0v) is 16.8. The summed E-state index contributed by atoms with van der Waals surface area (Å²) in [6.45, 7) is 1.90. The lowest BCUT2D eigenvalue weighted by atomic mass is 9.85. The van der Waals surface area contributed by atoms with Gasteiger partial charge in [0.15, 0.2) is 5.65 Å². The first-order valence-electron chi connectivity index (χ1n) is 9.14. The van der Waals surface area contributed by atoms with E-state index in [0.29, 0.717) is 29.7 Å². The average Bonchev–Trinajstić information content (AvgIpc) is 3.09. The van der Waals surface area contributed by atoms with Crippen LogP contribution in [0.15, 0.2) is 47.8 Å². The summed E-state index contributed by atoms with van der Waals surface area (Å²) in [5.41, 5.74) is 1.28. The summed E-state index contributed by atoms with van der Waals surface area (Å²) in [5, 5.41) is 11.9. The summed E-state index contributed by atoms with van der Waals surface area (Å²) in [6, 6.07) is 8.39. The van der Waals surface area contributed by atoms with Gasteiger partial charge < -0.3 is 15.3 Å². The van der Waals surface area contributed by atoms with Gasteiger partial charge in [-0.15, -0.1) is 0 Å². The fourth-order valence-electron chi connectivity index (χ4n) is 3.58. The first-order valence-corrected chi connectivity index (χ1v) is 10.6. The molecule has 2 N–H and O–H groups in total. The van der Waals surface area contributed by atoms with Crippen molar-refractivity contribution in [1.29, 1.82) is 0 Å². The van der Waals surface area contributed by atoms with Gasteiger partial charge in [0.1, 0.15) is 12.1 Å². The third-order valence-electron chi connectivity index (χ3n) is 5.33. The Morgan fingerprint density at radius 3 is 2.55 bits per heavy atom. The van der Waals surface area contributed by atoms with Crippen LogP contribution in [0, 0.1) is 6.92 Å². The minimum Gasteiger partial charge on any atom is -0.465 e. The largest absolute Gasteiger partial charge is 0.465 e. The van der Waals surface area contributed by atoms with Crippen molar-refractivity contribution in [3.8, 4) is 0 Å². The molecule has 10 heteroatoms. The van der Waals surface area contributed by atoms with Crippen LogP contribution >= 0.6 is 0 Å². The smallest absolute Gasteiger partial charge is 0.404 e. The number of nitrogens with one attached hydrogen (secondary N) is 1. The molecule has 0 radical (unpaired) electrons. The van der Waals surface area contributed by atoms with Gasteiger partial charge in [0.05, 0.1) is 10.3 Å². The van der Waals surface area contributed by atoms with Crippen LogP contribution in [-0.4, -0.2) is 52.7 Å². The summed E-state index contributed by atoms with van der Waals surface area (Å²) in [7, 11) is -1.91. The number of hydrogen-bond acceptors (Lipinski definition) is 6. The van der Waals surface area contributed by atoms with E-state index in [-0.39, 0.29) is 17.0 Å². The van der Waals surface area contributed by atoms with Crippen molar-refractivity contribution in [3.05, 3.63) is 48.4 Å². The van der Waals surface area contributed by atoms with E-state index < -0.39 is 16.1 Å². The van der Waals surface area contributed by atoms with Crippen LogP contribution in [0.25, 0.3) is 11.0 Å². The second kappa shape index (κ2) is 7.03. The van der Waals surface area contributed by atoms with Crippen LogP contribution < -0.4 is 10.2 Å². The van der Waals surface area contributed by atoms with Gasteiger partial charge in [0.25, 0.3) is 10.0 Å². The maximum absolute atomic E-state index is 13.1. The van der Waals surface area contributed by atoms with Crippen molar-refractivity contribution in [2.45, 2.75) is 36.7 Å². The van der Waals surface area contributed by atoms with Crippen molar-refractivity contribution in [1.82, 2.24) is 19.3 Å². The van der Waals surface area contributed by atoms with Crippen molar-refractivity contribution in [3.63, 3.8) is 0 Å². The fraction of sp³-hybridized carbons (Fsp3) is 0.316. The predicted molar refractivity (Wildman–Crippen MR) is 108 cm³/mol. The summed E-state index contributed by atoms with van der Waals surface area (Å²) >= 11 is 0. The van der Waals surface area contributed by atoms with E-state index >= 15 is 0 Å². The minimum absolute atomic E-state index is 0.0798. The molecule has 0 spiro atoms. The lowest BCUT2D eigenvalue weighted by Gasteiger charge is -2.41. The zero-order chi connectivity index (χ0) is 20.8. The molecule has 1 amide bonds. The van der Waals surface area contributed by atoms with E-state index in [9.17, 15) is 13.2 Å². The third-order valence-corrected chi connectivity index (χ3v) is 7.01. The number of aryl methyl sites for hydroxylation is 1. The monoisotopic (exact) mass is 415 g/mol. The highest BCUT2D eigenvalue weighted by Crippen LogP contribution is 2.32. The molecular weight excluding hydrogens is 394 g/mol. The Bertz CT molecular complexity index is 1170. The summed E-state index contributed by atoms with van der Waals surface area (Å²) in [4.78, 5) is 21.4. The summed E-state index contributed by atoms with van der Waals surface area (Å²) in [6.07, 6.45) is 3.13. The first-order chi connectivity index (χ1) is 13.8. The fourth-order valence-corrected chi connectivity index (χ4v) is 4.88. The topological polar surface area (TPSA) is 117 Å². The predicted octanol–water partition coefficient (Wildman–Crippen LogP) is 2.21. The number of amides is 1. The van der Waals surface area contributed by atoms with Gasteiger partial charge >= 0.3 is 6.09 Å². The molecule has 4 rings (SSSR count). The van der Waals surface area contributed by atoms with E-state index in [1.165, 1.54) is 16.5 Å². The number of benzene rings is 1. The molecule has 0 saturated heterocycles. The molecule has 0 bridgehead atoms. The molecule has 1 aliphatic carbocycles. The Labute approximate surface area is 168 Å². The Balaban J connectivity index is 1.65. The lowest BCUT2D eigenvalue weighted by Crippen LogP contribution is -2.53. The minimum atomic E-state index is -3.78. The lowest BCUT2D eigenvalue weighted by molar-refractivity contribution is 0.177. The highest BCUT2D eigenvalue weighted by molar-refractivity contribution is 7.90. The van der Waals surface area contributed by atoms with Gasteiger partial charge in [-0.25, -0.2) is 27.2 Å². The Morgan fingerprint density at radius 1 is 1.21 bits per heavy atom. The number of nitrogens with zero attached hydrogens (tertiary/aromatic N) is 4. The summed E-state index contributed by atoms with van der Waals surface area (Å²) < 4.78 is 27.3. The molecule has 29 heavy (non-hydrogen) atoms. The molecule has 2 heterocycles. The van der Waals surface area contributed by atoms with Gasteiger partial charge in [-0.2, -0.15) is 0 Å². The quantitative estimate of drug-likeness (QED) is 0.656. The number of rotatable bonds is 5. The van der Waals surface area contributed by atoms with Crippen LogP contribution in [0.1, 0.15) is 18.4 Å². The van der Waals surface area contributed by atoms with E-state index in [1.54, 1.807) is 30.3 Å². The molecule has 3 aromatic rings. The summed E-state index contributed by atoms with van der Waals surface area (Å²) in [5.74, 6) is 0.617. The molecule has 0 atom stereocenters. The van der Waals surface area contributed by atoms with Crippen molar-refractivity contribution in [2.75, 3.05) is 11.9 Å². The molecule has 1 aliphatic rings. The number of carboxylic acid groups (broad SMARTS) is 1. The molecule has 1 aromatic carbocycles. The molecule has 1 fully saturated rings. The van der Waals surface area contributed by atoms with Crippen molar-refractivity contribution < 1.29 is 18.3 Å². The van der Waals surface area contributed by atoms with Gasteiger partial charge in [0.2, 0.25) is 0 Å². The van der Waals surface area contributed by atoms with Crippen molar-refractivity contribution in [2.24, 2.45) is 0 Å². The molecule has 0 unspecified atom stereocenters. The molecular formula is C19H21N5O4S. The molecule has 2 aromatic heterocycles. The van der Waals surface area contributed by atoms with Crippen LogP contribution in [0.3, 0.4) is 0 Å². The van der Waals surface area contributed by atoms with Gasteiger partial charge in [-0.3, -0.25) is 0 Å². The zero-order valence-electron chi connectivity index (χ0n) is 16.0. The van der Waals surface area contributed by atoms with Gasteiger partial charge in [-0.1, -0.05) is 17.7 Å².